The lowest BCUT2D eigenvalue weighted by atomic mass is 10.1. The minimum Gasteiger partial charge on any atom is -0.383 e. The Morgan fingerprint density at radius 1 is 1.29 bits per heavy atom. The van der Waals surface area contributed by atoms with Gasteiger partial charge in [0, 0.05) is 18.6 Å². The van der Waals surface area contributed by atoms with Crippen molar-refractivity contribution in [2.24, 2.45) is 5.92 Å². The third kappa shape index (κ3) is 7.42. The summed E-state index contributed by atoms with van der Waals surface area (Å²) in [5, 5.41) is 3.40. The second-order valence-electron chi connectivity index (χ2n) is 4.25. The number of thioether (sulfide) groups is 1. The maximum atomic E-state index is 5.00. The first-order chi connectivity index (χ1) is 8.33. The highest BCUT2D eigenvalue weighted by Crippen LogP contribution is 2.19. The van der Waals surface area contributed by atoms with Gasteiger partial charge in [-0.2, -0.15) is 0 Å². The van der Waals surface area contributed by atoms with Gasteiger partial charge in [-0.15, -0.1) is 11.8 Å². The molecule has 0 aliphatic carbocycles. The van der Waals surface area contributed by atoms with Crippen LogP contribution in [0.2, 0.25) is 0 Å². The topological polar surface area (TPSA) is 21.3 Å². The summed E-state index contributed by atoms with van der Waals surface area (Å²) in [6.45, 7) is 5.13. The van der Waals surface area contributed by atoms with Crippen LogP contribution in [0.15, 0.2) is 35.2 Å². The fourth-order valence-corrected chi connectivity index (χ4v) is 2.62. The van der Waals surface area contributed by atoms with E-state index in [1.54, 1.807) is 7.11 Å². The van der Waals surface area contributed by atoms with E-state index in [1.807, 2.05) is 11.8 Å². The third-order valence-electron chi connectivity index (χ3n) is 2.60. The van der Waals surface area contributed by atoms with E-state index in [2.05, 4.69) is 42.6 Å². The Morgan fingerprint density at radius 2 is 2.06 bits per heavy atom. The van der Waals surface area contributed by atoms with E-state index < -0.39 is 0 Å². The Morgan fingerprint density at radius 3 is 2.76 bits per heavy atom. The summed E-state index contributed by atoms with van der Waals surface area (Å²) in [4.78, 5) is 1.37. The van der Waals surface area contributed by atoms with Crippen LogP contribution in [0.5, 0.6) is 0 Å². The van der Waals surface area contributed by atoms with E-state index >= 15 is 0 Å². The standard InChI is InChI=1S/C14H23NOS/c1-13(12-15-9-10-16-2)8-11-17-14-6-4-3-5-7-14/h3-7,13,15H,8-12H2,1-2H3. The Kier molecular flexibility index (Phi) is 8.14. The van der Waals surface area contributed by atoms with Crippen molar-refractivity contribution in [3.8, 4) is 0 Å². The van der Waals surface area contributed by atoms with E-state index in [9.17, 15) is 0 Å². The molecule has 0 saturated carbocycles. The quantitative estimate of drug-likeness (QED) is 0.540. The molecule has 17 heavy (non-hydrogen) atoms. The lowest BCUT2D eigenvalue weighted by Crippen LogP contribution is -2.25. The highest BCUT2D eigenvalue weighted by Gasteiger charge is 2.01. The van der Waals surface area contributed by atoms with Crippen molar-refractivity contribution in [1.82, 2.24) is 5.32 Å². The van der Waals surface area contributed by atoms with Crippen LogP contribution in [0.4, 0.5) is 0 Å². The van der Waals surface area contributed by atoms with Crippen molar-refractivity contribution in [3.05, 3.63) is 30.3 Å². The van der Waals surface area contributed by atoms with Crippen molar-refractivity contribution in [2.45, 2.75) is 18.2 Å². The second kappa shape index (κ2) is 9.51. The van der Waals surface area contributed by atoms with Crippen LogP contribution >= 0.6 is 11.8 Å². The molecule has 1 N–H and O–H groups in total. The molecule has 1 aromatic carbocycles. The van der Waals surface area contributed by atoms with Gasteiger partial charge in [0.15, 0.2) is 0 Å². The summed E-state index contributed by atoms with van der Waals surface area (Å²) in [7, 11) is 1.74. The smallest absolute Gasteiger partial charge is 0.0587 e. The van der Waals surface area contributed by atoms with E-state index in [0.29, 0.717) is 0 Å². The van der Waals surface area contributed by atoms with Gasteiger partial charge in [0.05, 0.1) is 6.61 Å². The zero-order chi connectivity index (χ0) is 12.3. The van der Waals surface area contributed by atoms with Crippen molar-refractivity contribution in [3.63, 3.8) is 0 Å². The normalized spacial score (nSPS) is 12.6. The Balaban J connectivity index is 2.02. The first kappa shape index (κ1) is 14.6. The molecular formula is C14H23NOS. The molecule has 0 heterocycles. The fourth-order valence-electron chi connectivity index (χ4n) is 1.52. The van der Waals surface area contributed by atoms with Gasteiger partial charge in [-0.05, 0) is 36.8 Å². The maximum Gasteiger partial charge on any atom is 0.0587 e. The molecule has 1 unspecified atom stereocenters. The average molecular weight is 253 g/mol. The van der Waals surface area contributed by atoms with Crippen molar-refractivity contribution in [1.29, 1.82) is 0 Å². The number of benzene rings is 1. The van der Waals surface area contributed by atoms with Crippen LogP contribution in [0, 0.1) is 5.92 Å². The van der Waals surface area contributed by atoms with Crippen LogP contribution in [-0.4, -0.2) is 32.6 Å². The van der Waals surface area contributed by atoms with E-state index in [-0.39, 0.29) is 0 Å². The number of rotatable bonds is 9. The van der Waals surface area contributed by atoms with Crippen LogP contribution in [-0.2, 0) is 4.74 Å². The van der Waals surface area contributed by atoms with Crippen LogP contribution in [0.3, 0.4) is 0 Å². The molecule has 3 heteroatoms. The average Bonchev–Trinajstić information content (AvgIpc) is 2.36. The maximum absolute atomic E-state index is 5.00. The molecule has 1 atom stereocenters. The highest BCUT2D eigenvalue weighted by atomic mass is 32.2. The lowest BCUT2D eigenvalue weighted by Gasteiger charge is -2.12. The van der Waals surface area contributed by atoms with Crippen molar-refractivity contribution >= 4 is 11.8 Å². The first-order valence-electron chi connectivity index (χ1n) is 6.20. The summed E-state index contributed by atoms with van der Waals surface area (Å²) >= 11 is 1.94. The Bertz CT molecular complexity index is 279. The second-order valence-corrected chi connectivity index (χ2v) is 5.42. The number of methoxy groups -OCH3 is 1. The monoisotopic (exact) mass is 253 g/mol. The van der Waals surface area contributed by atoms with Gasteiger partial charge in [-0.25, -0.2) is 0 Å². The minimum absolute atomic E-state index is 0.725. The SMILES string of the molecule is COCCNCC(C)CCSc1ccccc1. The number of nitrogens with one attached hydrogen (secondary N) is 1. The summed E-state index contributed by atoms with van der Waals surface area (Å²) in [5.74, 6) is 1.92. The van der Waals surface area contributed by atoms with E-state index in [1.165, 1.54) is 17.1 Å². The molecule has 0 fully saturated rings. The molecule has 0 bridgehead atoms. The number of ether oxygens (including phenoxy) is 1. The molecule has 0 aromatic heterocycles. The number of hydrogen-bond donors (Lipinski definition) is 1. The molecular weight excluding hydrogens is 230 g/mol. The molecule has 0 aliphatic rings. The van der Waals surface area contributed by atoms with Crippen LogP contribution in [0.1, 0.15) is 13.3 Å². The zero-order valence-electron chi connectivity index (χ0n) is 10.8. The van der Waals surface area contributed by atoms with Gasteiger partial charge in [-0.1, -0.05) is 25.1 Å². The van der Waals surface area contributed by atoms with Gasteiger partial charge < -0.3 is 10.1 Å². The van der Waals surface area contributed by atoms with E-state index in [4.69, 9.17) is 4.74 Å². The molecule has 1 aromatic rings. The highest BCUT2D eigenvalue weighted by molar-refractivity contribution is 7.99. The van der Waals surface area contributed by atoms with Crippen LogP contribution in [0.25, 0.3) is 0 Å². The first-order valence-corrected chi connectivity index (χ1v) is 7.19. The molecule has 2 nitrogen and oxygen atoms in total. The Labute approximate surface area is 109 Å². The zero-order valence-corrected chi connectivity index (χ0v) is 11.6. The van der Waals surface area contributed by atoms with Gasteiger partial charge in [-0.3, -0.25) is 0 Å². The van der Waals surface area contributed by atoms with Gasteiger partial charge in [0.1, 0.15) is 0 Å². The largest absolute Gasteiger partial charge is 0.383 e. The summed E-state index contributed by atoms with van der Waals surface area (Å²) in [6.07, 6.45) is 1.25. The van der Waals surface area contributed by atoms with Gasteiger partial charge >= 0.3 is 0 Å². The molecule has 0 spiro atoms. The fraction of sp³-hybridized carbons (Fsp3) is 0.571. The molecule has 0 radical (unpaired) electrons. The lowest BCUT2D eigenvalue weighted by molar-refractivity contribution is 0.198. The molecule has 0 aliphatic heterocycles. The molecule has 0 saturated heterocycles. The van der Waals surface area contributed by atoms with E-state index in [0.717, 1.165) is 25.6 Å². The van der Waals surface area contributed by atoms with Crippen molar-refractivity contribution < 1.29 is 4.74 Å². The molecule has 1 rings (SSSR count). The Hall–Kier alpha value is -0.510. The van der Waals surface area contributed by atoms with Gasteiger partial charge in [0.25, 0.3) is 0 Å². The summed E-state index contributed by atoms with van der Waals surface area (Å²) in [5.41, 5.74) is 0. The summed E-state index contributed by atoms with van der Waals surface area (Å²) in [6, 6.07) is 10.6. The predicted molar refractivity (Wildman–Crippen MR) is 75.7 cm³/mol. The van der Waals surface area contributed by atoms with Crippen LogP contribution < -0.4 is 5.32 Å². The minimum atomic E-state index is 0.725. The third-order valence-corrected chi connectivity index (χ3v) is 3.64. The predicted octanol–water partition coefficient (Wildman–Crippen LogP) is 3.04. The number of hydrogen-bond acceptors (Lipinski definition) is 3. The van der Waals surface area contributed by atoms with Gasteiger partial charge in [0.2, 0.25) is 0 Å². The van der Waals surface area contributed by atoms with Crippen molar-refractivity contribution in [2.75, 3.05) is 32.6 Å². The molecule has 96 valence electrons. The molecule has 0 amide bonds. The summed E-state index contributed by atoms with van der Waals surface area (Å²) < 4.78 is 5.00.